The Morgan fingerprint density at radius 3 is 2.77 bits per heavy atom. The number of carbonyl (C=O) groups is 1. The van der Waals surface area contributed by atoms with Gasteiger partial charge in [-0.15, -0.1) is 0 Å². The maximum Gasteiger partial charge on any atom is 0.238 e. The van der Waals surface area contributed by atoms with Gasteiger partial charge in [-0.3, -0.25) is 4.79 Å². The number of ether oxygens (including phenoxy) is 1. The molecule has 0 aliphatic carbocycles. The highest BCUT2D eigenvalue weighted by atomic mass is 19.1. The first-order valence-electron chi connectivity index (χ1n) is 10.4. The first kappa shape index (κ1) is 20.3. The van der Waals surface area contributed by atoms with Crippen molar-refractivity contribution < 1.29 is 18.4 Å². The molecule has 158 valence electrons. The average molecular weight is 411 g/mol. The molecule has 1 aromatic heterocycles. The number of hydrogen-bond acceptors (Lipinski definition) is 5. The number of piperidine rings is 1. The number of hydrazine groups is 1. The molecule has 0 unspecified atom stereocenters. The van der Waals surface area contributed by atoms with E-state index < -0.39 is 0 Å². The number of para-hydroxylation sites is 2. The number of halogens is 1. The molecule has 2 aromatic carbocycles. The van der Waals surface area contributed by atoms with Crippen molar-refractivity contribution in [2.45, 2.75) is 39.0 Å². The maximum absolute atomic E-state index is 13.4. The van der Waals surface area contributed by atoms with E-state index in [4.69, 9.17) is 9.26 Å². The van der Waals surface area contributed by atoms with Crippen molar-refractivity contribution in [2.24, 2.45) is 0 Å². The van der Waals surface area contributed by atoms with E-state index in [2.05, 4.69) is 17.1 Å². The maximum atomic E-state index is 13.4. The van der Waals surface area contributed by atoms with Crippen LogP contribution in [0, 0.1) is 5.82 Å². The second kappa shape index (κ2) is 8.83. The van der Waals surface area contributed by atoms with Crippen molar-refractivity contribution in [3.05, 3.63) is 54.0 Å². The zero-order chi connectivity index (χ0) is 21.1. The van der Waals surface area contributed by atoms with Crippen LogP contribution >= 0.6 is 0 Å². The summed E-state index contributed by atoms with van der Waals surface area (Å²) in [6, 6.07) is 12.2. The summed E-state index contributed by atoms with van der Waals surface area (Å²) in [5.41, 5.74) is 2.10. The Kier molecular flexibility index (Phi) is 5.99. The van der Waals surface area contributed by atoms with Crippen molar-refractivity contribution in [3.8, 4) is 5.75 Å². The molecule has 1 saturated heterocycles. The van der Waals surface area contributed by atoms with Crippen molar-refractivity contribution in [1.29, 1.82) is 0 Å². The van der Waals surface area contributed by atoms with Gasteiger partial charge in [-0.05, 0) is 43.5 Å². The van der Waals surface area contributed by atoms with E-state index in [1.165, 1.54) is 12.1 Å². The van der Waals surface area contributed by atoms with E-state index >= 15 is 0 Å². The Balaban J connectivity index is 1.52. The van der Waals surface area contributed by atoms with E-state index in [0.29, 0.717) is 31.0 Å². The molecular formula is C23H26FN3O3. The van der Waals surface area contributed by atoms with Crippen molar-refractivity contribution in [2.75, 3.05) is 24.7 Å². The van der Waals surface area contributed by atoms with E-state index in [0.717, 1.165) is 36.0 Å². The minimum absolute atomic E-state index is 0.0524. The summed E-state index contributed by atoms with van der Waals surface area (Å²) >= 11 is 0. The molecule has 1 aliphatic rings. The molecule has 0 bridgehead atoms. The van der Waals surface area contributed by atoms with Gasteiger partial charge in [0, 0.05) is 37.4 Å². The number of carbonyl (C=O) groups excluding carboxylic acids is 1. The lowest BCUT2D eigenvalue weighted by molar-refractivity contribution is -0.120. The largest absolute Gasteiger partial charge is 0.491 e. The van der Waals surface area contributed by atoms with Crippen LogP contribution in [0.4, 0.5) is 10.1 Å². The second-order valence-corrected chi connectivity index (χ2v) is 7.58. The summed E-state index contributed by atoms with van der Waals surface area (Å²) in [6.07, 6.45) is 2.54. The predicted octanol–water partition coefficient (Wildman–Crippen LogP) is 4.90. The summed E-state index contributed by atoms with van der Waals surface area (Å²) < 4.78 is 24.6. The molecule has 2 heterocycles. The summed E-state index contributed by atoms with van der Waals surface area (Å²) in [4.78, 5) is 12.6. The van der Waals surface area contributed by atoms with Crippen molar-refractivity contribution >= 4 is 22.6 Å². The zero-order valence-electron chi connectivity index (χ0n) is 17.3. The molecule has 1 fully saturated rings. The molecule has 1 amide bonds. The summed E-state index contributed by atoms with van der Waals surface area (Å²) in [7, 11) is 0. The number of aromatic nitrogens is 1. The van der Waals surface area contributed by atoms with E-state index in [1.807, 2.05) is 24.3 Å². The van der Waals surface area contributed by atoms with Gasteiger partial charge in [-0.2, -0.15) is 0 Å². The Bertz CT molecular complexity index is 1030. The molecule has 0 spiro atoms. The van der Waals surface area contributed by atoms with Crippen LogP contribution in [-0.4, -0.2) is 35.8 Å². The fourth-order valence-electron chi connectivity index (χ4n) is 4.05. The molecule has 6 nitrogen and oxygen atoms in total. The summed E-state index contributed by atoms with van der Waals surface area (Å²) in [5.74, 6) is 0.527. The highest BCUT2D eigenvalue weighted by Gasteiger charge is 2.30. The third kappa shape index (κ3) is 4.03. The number of anilines is 1. The van der Waals surface area contributed by atoms with Crippen LogP contribution in [0.5, 0.6) is 5.75 Å². The monoisotopic (exact) mass is 411 g/mol. The fourth-order valence-corrected chi connectivity index (χ4v) is 4.05. The Hall–Kier alpha value is -2.93. The van der Waals surface area contributed by atoms with Gasteiger partial charge in [-0.1, -0.05) is 24.2 Å². The number of benzene rings is 2. The van der Waals surface area contributed by atoms with Gasteiger partial charge in [-0.25, -0.2) is 14.4 Å². The summed E-state index contributed by atoms with van der Waals surface area (Å²) in [6.45, 7) is 5.62. The van der Waals surface area contributed by atoms with Crippen LogP contribution in [-0.2, 0) is 4.79 Å². The minimum atomic E-state index is -0.332. The second-order valence-electron chi connectivity index (χ2n) is 7.58. The number of hydrogen-bond donors (Lipinski definition) is 0. The third-order valence-electron chi connectivity index (χ3n) is 5.46. The molecule has 7 heteroatoms. The smallest absolute Gasteiger partial charge is 0.238 e. The van der Waals surface area contributed by atoms with Crippen molar-refractivity contribution in [3.63, 3.8) is 0 Å². The molecule has 0 radical (unpaired) electrons. The standard InChI is InChI=1S/C23H26FN3O3/c1-3-14-29-21-7-5-4-6-20(21)27(16(2)28)26-12-10-17(11-13-26)23-19-9-8-18(24)15-22(19)30-25-23/h4-9,15,17H,3,10-14H2,1-2H3. The van der Waals surface area contributed by atoms with Crippen LogP contribution < -0.4 is 9.75 Å². The lowest BCUT2D eigenvalue weighted by Crippen LogP contribution is -2.49. The highest BCUT2D eigenvalue weighted by Crippen LogP contribution is 2.36. The fraction of sp³-hybridized carbons (Fsp3) is 0.391. The number of amides is 1. The zero-order valence-corrected chi connectivity index (χ0v) is 17.3. The topological polar surface area (TPSA) is 58.8 Å². The Labute approximate surface area is 175 Å². The van der Waals surface area contributed by atoms with Crippen LogP contribution in [0.15, 0.2) is 47.0 Å². The van der Waals surface area contributed by atoms with E-state index in [1.54, 1.807) is 18.0 Å². The Morgan fingerprint density at radius 2 is 2.03 bits per heavy atom. The van der Waals surface area contributed by atoms with Crippen LogP contribution in [0.1, 0.15) is 44.7 Å². The SMILES string of the molecule is CCCOc1ccccc1N(C(C)=O)N1CCC(c2noc3cc(F)ccc23)CC1. The normalized spacial score (nSPS) is 15.4. The lowest BCUT2D eigenvalue weighted by Gasteiger charge is -2.39. The van der Waals surface area contributed by atoms with Gasteiger partial charge >= 0.3 is 0 Å². The quantitative estimate of drug-likeness (QED) is 0.577. The van der Waals surface area contributed by atoms with Crippen LogP contribution in [0.2, 0.25) is 0 Å². The third-order valence-corrected chi connectivity index (χ3v) is 5.46. The summed E-state index contributed by atoms with van der Waals surface area (Å²) in [5, 5.41) is 8.85. The highest BCUT2D eigenvalue weighted by molar-refractivity contribution is 5.92. The molecule has 0 N–H and O–H groups in total. The van der Waals surface area contributed by atoms with Gasteiger partial charge in [0.15, 0.2) is 5.58 Å². The molecule has 3 aromatic rings. The average Bonchev–Trinajstić information content (AvgIpc) is 3.16. The Morgan fingerprint density at radius 1 is 1.27 bits per heavy atom. The van der Waals surface area contributed by atoms with E-state index in [9.17, 15) is 9.18 Å². The number of fused-ring (bicyclic) bond motifs is 1. The first-order valence-corrected chi connectivity index (χ1v) is 10.4. The van der Waals surface area contributed by atoms with Gasteiger partial charge in [0.1, 0.15) is 17.3 Å². The van der Waals surface area contributed by atoms with Crippen LogP contribution in [0.25, 0.3) is 11.0 Å². The molecule has 4 rings (SSSR count). The lowest BCUT2D eigenvalue weighted by atomic mass is 9.92. The molecular weight excluding hydrogens is 385 g/mol. The van der Waals surface area contributed by atoms with Gasteiger partial charge in [0.05, 0.1) is 12.3 Å². The molecule has 0 saturated carbocycles. The predicted molar refractivity (Wildman–Crippen MR) is 113 cm³/mol. The van der Waals surface area contributed by atoms with Gasteiger partial charge in [0.25, 0.3) is 0 Å². The molecule has 30 heavy (non-hydrogen) atoms. The molecule has 1 aliphatic heterocycles. The molecule has 0 atom stereocenters. The number of rotatable bonds is 6. The number of nitrogens with zero attached hydrogens (tertiary/aromatic N) is 3. The van der Waals surface area contributed by atoms with Crippen molar-refractivity contribution in [1.82, 2.24) is 10.2 Å². The first-order chi connectivity index (χ1) is 14.6. The van der Waals surface area contributed by atoms with E-state index in [-0.39, 0.29) is 17.6 Å². The van der Waals surface area contributed by atoms with Crippen LogP contribution in [0.3, 0.4) is 0 Å². The van der Waals surface area contributed by atoms with Gasteiger partial charge < -0.3 is 9.26 Å². The minimum Gasteiger partial charge on any atom is -0.491 e. The van der Waals surface area contributed by atoms with Gasteiger partial charge in [0.2, 0.25) is 5.91 Å².